The van der Waals surface area contributed by atoms with Crippen LogP contribution in [0.5, 0.6) is 0 Å². The monoisotopic (exact) mass is 323 g/mol. The second kappa shape index (κ2) is 6.82. The van der Waals surface area contributed by atoms with E-state index in [0.717, 1.165) is 0 Å². The van der Waals surface area contributed by atoms with Crippen molar-refractivity contribution in [3.05, 3.63) is 33.9 Å². The second-order valence-electron chi connectivity index (χ2n) is 6.78. The first-order valence-corrected chi connectivity index (χ1v) is 7.78. The molecule has 7 heteroatoms. The molecular weight excluding hydrogens is 298 g/mol. The van der Waals surface area contributed by atoms with Gasteiger partial charge in [0.1, 0.15) is 5.69 Å². The molecule has 1 aliphatic heterocycles. The van der Waals surface area contributed by atoms with Crippen LogP contribution in [0, 0.1) is 17.0 Å². The van der Waals surface area contributed by atoms with Crippen LogP contribution in [0.1, 0.15) is 26.3 Å². The lowest BCUT2D eigenvalue weighted by Gasteiger charge is -2.39. The summed E-state index contributed by atoms with van der Waals surface area (Å²) >= 11 is 0. The highest BCUT2D eigenvalue weighted by Gasteiger charge is 2.29. The number of ether oxygens (including phenoxy) is 1. The molecule has 23 heavy (non-hydrogen) atoms. The van der Waals surface area contributed by atoms with E-state index in [0.29, 0.717) is 37.4 Å². The fourth-order valence-electron chi connectivity index (χ4n) is 2.71. The molecule has 1 atom stereocenters. The summed E-state index contributed by atoms with van der Waals surface area (Å²) in [4.78, 5) is 14.8. The molecule has 1 heterocycles. The zero-order valence-electron chi connectivity index (χ0n) is 14.2. The molecule has 1 saturated heterocycles. The van der Waals surface area contributed by atoms with Gasteiger partial charge in [0.2, 0.25) is 6.41 Å². The van der Waals surface area contributed by atoms with Crippen LogP contribution in [0.3, 0.4) is 0 Å². The lowest BCUT2D eigenvalue weighted by Crippen LogP contribution is -2.52. The van der Waals surface area contributed by atoms with Crippen molar-refractivity contribution in [1.82, 2.24) is 4.90 Å². The summed E-state index contributed by atoms with van der Waals surface area (Å²) in [6.07, 6.45) is -0.954. The highest BCUT2D eigenvalue weighted by Crippen LogP contribution is 2.32. The molecule has 7 nitrogen and oxygen atoms in total. The van der Waals surface area contributed by atoms with Gasteiger partial charge in [0.25, 0.3) is 5.69 Å². The number of hydrogen-bond acceptors (Lipinski definition) is 6. The topological polar surface area (TPSA) is 79.1 Å². The van der Waals surface area contributed by atoms with Crippen molar-refractivity contribution in [2.75, 3.05) is 31.1 Å². The molecule has 128 valence electrons. The number of aryl methyl sites for hydroxylation is 1. The van der Waals surface area contributed by atoms with E-state index in [4.69, 9.17) is 4.74 Å². The Balaban J connectivity index is 2.05. The van der Waals surface area contributed by atoms with Gasteiger partial charge in [-0.3, -0.25) is 15.0 Å². The third kappa shape index (κ3) is 4.40. The lowest BCUT2D eigenvalue weighted by molar-refractivity contribution is -0.384. The number of para-hydroxylation sites is 1. The molecule has 0 amide bonds. The normalized spacial score (nSPS) is 18.0. The molecule has 0 bridgehead atoms. The number of benzene rings is 1. The first-order chi connectivity index (χ1) is 10.7. The zero-order valence-corrected chi connectivity index (χ0v) is 14.2. The van der Waals surface area contributed by atoms with Gasteiger partial charge >= 0.3 is 0 Å². The molecule has 1 aromatic rings. The van der Waals surface area contributed by atoms with Crippen LogP contribution in [-0.2, 0) is 4.74 Å². The molecule has 2 rings (SSSR count). The van der Waals surface area contributed by atoms with Gasteiger partial charge in [-0.25, -0.2) is 0 Å². The van der Waals surface area contributed by atoms with Crippen LogP contribution >= 0.6 is 0 Å². The first-order valence-electron chi connectivity index (χ1n) is 7.78. The van der Waals surface area contributed by atoms with Crippen LogP contribution in [0.4, 0.5) is 11.4 Å². The highest BCUT2D eigenvalue weighted by atomic mass is 16.6. The molecule has 0 radical (unpaired) electrons. The number of piperazine rings is 1. The Labute approximate surface area is 136 Å². The predicted octanol–water partition coefficient (Wildman–Crippen LogP) is 2.12. The quantitative estimate of drug-likeness (QED) is 0.519. The molecular formula is C16H25N3O4. The fraction of sp³-hybridized carbons (Fsp3) is 0.625. The summed E-state index contributed by atoms with van der Waals surface area (Å²) in [5.74, 6) is 0. The number of hydrogen-bond donors (Lipinski definition) is 1. The van der Waals surface area contributed by atoms with Crippen molar-refractivity contribution >= 4 is 11.4 Å². The van der Waals surface area contributed by atoms with Crippen LogP contribution < -0.4 is 4.90 Å². The third-order valence-electron chi connectivity index (χ3n) is 3.83. The van der Waals surface area contributed by atoms with Crippen LogP contribution in [0.15, 0.2) is 18.2 Å². The van der Waals surface area contributed by atoms with E-state index in [-0.39, 0.29) is 10.6 Å². The zero-order chi connectivity index (χ0) is 17.2. The third-order valence-corrected chi connectivity index (χ3v) is 3.83. The van der Waals surface area contributed by atoms with Gasteiger partial charge in [-0.1, -0.05) is 12.1 Å². The summed E-state index contributed by atoms with van der Waals surface area (Å²) in [6.45, 7) is 9.81. The van der Waals surface area contributed by atoms with Gasteiger partial charge in [-0.15, -0.1) is 0 Å². The number of aliphatic hydroxyl groups excluding tert-OH is 1. The summed E-state index contributed by atoms with van der Waals surface area (Å²) in [6, 6.07) is 5.36. The van der Waals surface area contributed by atoms with Crippen molar-refractivity contribution in [2.45, 2.75) is 39.7 Å². The summed E-state index contributed by atoms with van der Waals surface area (Å²) in [7, 11) is 0. The molecule has 1 fully saturated rings. The van der Waals surface area contributed by atoms with Crippen molar-refractivity contribution in [1.29, 1.82) is 0 Å². The largest absolute Gasteiger partial charge is 0.363 e. The Kier molecular flexibility index (Phi) is 5.23. The molecule has 1 aromatic carbocycles. The maximum Gasteiger partial charge on any atom is 0.295 e. The van der Waals surface area contributed by atoms with E-state index in [1.165, 1.54) is 0 Å². The Morgan fingerprint density at radius 3 is 2.39 bits per heavy atom. The van der Waals surface area contributed by atoms with Crippen LogP contribution in [0.2, 0.25) is 0 Å². The average Bonchev–Trinajstić information content (AvgIpc) is 2.45. The summed E-state index contributed by atoms with van der Waals surface area (Å²) in [5, 5.41) is 21.5. The number of rotatable bonds is 4. The average molecular weight is 323 g/mol. The van der Waals surface area contributed by atoms with E-state index < -0.39 is 12.0 Å². The van der Waals surface area contributed by atoms with Crippen molar-refractivity contribution in [3.63, 3.8) is 0 Å². The smallest absolute Gasteiger partial charge is 0.295 e. The SMILES string of the molecule is Cc1cccc(N2CCN(C(O)OC(C)(C)C)CC2)c1[N+](=O)[O-]. The van der Waals surface area contributed by atoms with Crippen molar-refractivity contribution < 1.29 is 14.8 Å². The lowest BCUT2D eigenvalue weighted by atomic mass is 10.1. The molecule has 1 unspecified atom stereocenters. The molecule has 0 aromatic heterocycles. The van der Waals surface area contributed by atoms with E-state index in [2.05, 4.69) is 0 Å². The van der Waals surface area contributed by atoms with Gasteiger partial charge < -0.3 is 14.7 Å². The molecule has 1 N–H and O–H groups in total. The molecule has 0 spiro atoms. The number of nitrogens with zero attached hydrogens (tertiary/aromatic N) is 3. The van der Waals surface area contributed by atoms with Gasteiger partial charge in [-0.05, 0) is 33.8 Å². The van der Waals surface area contributed by atoms with Crippen LogP contribution in [-0.4, -0.2) is 53.1 Å². The Hall–Kier alpha value is -1.70. The van der Waals surface area contributed by atoms with Gasteiger partial charge in [-0.2, -0.15) is 0 Å². The fourth-order valence-corrected chi connectivity index (χ4v) is 2.71. The minimum absolute atomic E-state index is 0.160. The standard InChI is InChI=1S/C16H25N3O4/c1-12-6-5-7-13(14(12)19(21)22)17-8-10-18(11-9-17)15(20)23-16(2,3)4/h5-7,15,20H,8-11H2,1-4H3. The minimum Gasteiger partial charge on any atom is -0.363 e. The van der Waals surface area contributed by atoms with Crippen molar-refractivity contribution in [3.8, 4) is 0 Å². The number of anilines is 1. The maximum absolute atomic E-state index is 11.3. The Morgan fingerprint density at radius 1 is 1.26 bits per heavy atom. The van der Waals surface area contributed by atoms with Gasteiger partial charge in [0, 0.05) is 31.7 Å². The highest BCUT2D eigenvalue weighted by molar-refractivity contribution is 5.66. The minimum atomic E-state index is -0.954. The summed E-state index contributed by atoms with van der Waals surface area (Å²) < 4.78 is 5.55. The molecule has 0 saturated carbocycles. The second-order valence-corrected chi connectivity index (χ2v) is 6.78. The van der Waals surface area contributed by atoms with E-state index in [9.17, 15) is 15.2 Å². The molecule has 1 aliphatic rings. The number of aliphatic hydroxyl groups is 1. The number of nitro groups is 1. The Morgan fingerprint density at radius 2 is 1.87 bits per heavy atom. The maximum atomic E-state index is 11.3. The van der Waals surface area contributed by atoms with E-state index in [1.807, 2.05) is 36.6 Å². The number of nitro benzene ring substituents is 1. The summed E-state index contributed by atoms with van der Waals surface area (Å²) in [5.41, 5.74) is 1.03. The predicted molar refractivity (Wildman–Crippen MR) is 88.5 cm³/mol. The molecule has 0 aliphatic carbocycles. The van der Waals surface area contributed by atoms with Gasteiger partial charge in [0.05, 0.1) is 10.5 Å². The Bertz CT molecular complexity index is 563. The first kappa shape index (κ1) is 17.7. The van der Waals surface area contributed by atoms with Crippen molar-refractivity contribution in [2.24, 2.45) is 0 Å². The van der Waals surface area contributed by atoms with Crippen LogP contribution in [0.25, 0.3) is 0 Å². The van der Waals surface area contributed by atoms with E-state index >= 15 is 0 Å². The van der Waals surface area contributed by atoms with E-state index in [1.54, 1.807) is 19.1 Å². The van der Waals surface area contributed by atoms with Gasteiger partial charge in [0.15, 0.2) is 0 Å².